The highest BCUT2D eigenvalue weighted by molar-refractivity contribution is 5.84. The lowest BCUT2D eigenvalue weighted by Gasteiger charge is -2.11. The largest absolute Gasteiger partial charge is 0.496 e. The van der Waals surface area contributed by atoms with Gasteiger partial charge in [-0.2, -0.15) is 0 Å². The molecule has 0 spiro atoms. The molecule has 0 fully saturated rings. The summed E-state index contributed by atoms with van der Waals surface area (Å²) in [6.07, 6.45) is 0.971. The molecule has 1 rings (SSSR count). The topological polar surface area (TPSA) is 75.6 Å². The van der Waals surface area contributed by atoms with Crippen LogP contribution in [0.15, 0.2) is 18.2 Å². The smallest absolute Gasteiger partial charge is 0.325 e. The van der Waals surface area contributed by atoms with Crippen molar-refractivity contribution < 1.29 is 19.4 Å². The van der Waals surface area contributed by atoms with Crippen LogP contribution in [0.3, 0.4) is 0 Å². The average Bonchev–Trinajstić information content (AvgIpc) is 2.38. The van der Waals surface area contributed by atoms with Gasteiger partial charge >= 0.3 is 5.97 Å². The number of nitrogens with one attached hydrogen (secondary N) is 1. The maximum absolute atomic E-state index is 11.7. The third-order valence-electron chi connectivity index (χ3n) is 2.84. The zero-order chi connectivity index (χ0) is 14.4. The Morgan fingerprint density at radius 1 is 1.42 bits per heavy atom. The van der Waals surface area contributed by atoms with Crippen LogP contribution in [0.1, 0.15) is 25.0 Å². The summed E-state index contributed by atoms with van der Waals surface area (Å²) in [5.41, 5.74) is 1.87. The van der Waals surface area contributed by atoms with Gasteiger partial charge in [-0.3, -0.25) is 9.59 Å². The molecule has 5 nitrogen and oxygen atoms in total. The van der Waals surface area contributed by atoms with Crippen LogP contribution in [-0.4, -0.2) is 30.1 Å². The second-order valence-corrected chi connectivity index (χ2v) is 4.30. The van der Waals surface area contributed by atoms with Crippen LogP contribution in [-0.2, 0) is 22.4 Å². The van der Waals surface area contributed by atoms with Gasteiger partial charge in [0.15, 0.2) is 0 Å². The van der Waals surface area contributed by atoms with Crippen LogP contribution < -0.4 is 10.1 Å². The number of hydrogen-bond acceptors (Lipinski definition) is 3. The number of ether oxygens (including phenoxy) is 1. The van der Waals surface area contributed by atoms with E-state index in [1.165, 1.54) is 6.92 Å². The van der Waals surface area contributed by atoms with Gasteiger partial charge in [-0.25, -0.2) is 0 Å². The van der Waals surface area contributed by atoms with E-state index < -0.39 is 12.0 Å². The van der Waals surface area contributed by atoms with Crippen LogP contribution in [0.4, 0.5) is 0 Å². The Kier molecular flexibility index (Phi) is 5.36. The van der Waals surface area contributed by atoms with Crippen molar-refractivity contribution in [1.29, 1.82) is 0 Å². The van der Waals surface area contributed by atoms with E-state index in [1.54, 1.807) is 7.11 Å². The Labute approximate surface area is 112 Å². The van der Waals surface area contributed by atoms with Crippen molar-refractivity contribution in [1.82, 2.24) is 5.32 Å². The van der Waals surface area contributed by atoms with Crippen LogP contribution in [0.2, 0.25) is 0 Å². The zero-order valence-electron chi connectivity index (χ0n) is 11.4. The van der Waals surface area contributed by atoms with E-state index >= 15 is 0 Å². The summed E-state index contributed by atoms with van der Waals surface area (Å²) < 4.78 is 5.21. The molecule has 1 aromatic rings. The Bertz CT molecular complexity index is 471. The number of carbonyl (C=O) groups is 2. The zero-order valence-corrected chi connectivity index (χ0v) is 11.4. The second kappa shape index (κ2) is 6.78. The Morgan fingerprint density at radius 3 is 2.63 bits per heavy atom. The first-order valence-electron chi connectivity index (χ1n) is 6.15. The third kappa shape index (κ3) is 4.28. The summed E-state index contributed by atoms with van der Waals surface area (Å²) in [4.78, 5) is 22.3. The quantitative estimate of drug-likeness (QED) is 0.815. The molecule has 0 aromatic heterocycles. The molecule has 19 heavy (non-hydrogen) atoms. The van der Waals surface area contributed by atoms with Gasteiger partial charge in [0.05, 0.1) is 13.5 Å². The number of carboxylic acid groups (broad SMARTS) is 1. The van der Waals surface area contributed by atoms with Gasteiger partial charge in [0.1, 0.15) is 11.8 Å². The summed E-state index contributed by atoms with van der Waals surface area (Å²) in [7, 11) is 1.61. The van der Waals surface area contributed by atoms with Gasteiger partial charge in [0, 0.05) is 0 Å². The highest BCUT2D eigenvalue weighted by Crippen LogP contribution is 2.20. The predicted molar refractivity (Wildman–Crippen MR) is 71.3 cm³/mol. The first-order chi connectivity index (χ1) is 8.97. The molecule has 2 N–H and O–H groups in total. The van der Waals surface area contributed by atoms with Crippen LogP contribution in [0.25, 0.3) is 0 Å². The molecule has 0 saturated carbocycles. The van der Waals surface area contributed by atoms with E-state index in [9.17, 15) is 9.59 Å². The van der Waals surface area contributed by atoms with Crippen molar-refractivity contribution >= 4 is 11.9 Å². The van der Waals surface area contributed by atoms with E-state index in [1.807, 2.05) is 25.1 Å². The van der Waals surface area contributed by atoms with Gasteiger partial charge in [-0.1, -0.05) is 19.1 Å². The summed E-state index contributed by atoms with van der Waals surface area (Å²) in [5, 5.41) is 11.1. The fourth-order valence-electron chi connectivity index (χ4n) is 1.76. The van der Waals surface area contributed by atoms with Crippen LogP contribution in [0.5, 0.6) is 5.75 Å². The van der Waals surface area contributed by atoms with Crippen molar-refractivity contribution in [2.75, 3.05) is 7.11 Å². The summed E-state index contributed by atoms with van der Waals surface area (Å²) in [6.45, 7) is 3.44. The van der Waals surface area contributed by atoms with Gasteiger partial charge in [-0.05, 0) is 30.5 Å². The molecular formula is C14H19NO4. The lowest BCUT2D eigenvalue weighted by atomic mass is 10.0. The number of hydrogen-bond donors (Lipinski definition) is 2. The Balaban J connectivity index is 2.72. The summed E-state index contributed by atoms with van der Waals surface area (Å²) in [5.74, 6) is -0.551. The van der Waals surface area contributed by atoms with E-state index in [2.05, 4.69) is 5.32 Å². The third-order valence-corrected chi connectivity index (χ3v) is 2.84. The molecule has 104 valence electrons. The van der Waals surface area contributed by atoms with Gasteiger partial charge in [0.2, 0.25) is 5.91 Å². The number of rotatable bonds is 6. The van der Waals surface area contributed by atoms with Gasteiger partial charge in [-0.15, -0.1) is 0 Å². The number of amides is 1. The highest BCUT2D eigenvalue weighted by atomic mass is 16.5. The van der Waals surface area contributed by atoms with Crippen molar-refractivity contribution in [3.63, 3.8) is 0 Å². The molecule has 1 aromatic carbocycles. The molecule has 0 bridgehead atoms. The Morgan fingerprint density at radius 2 is 2.11 bits per heavy atom. The lowest BCUT2D eigenvalue weighted by molar-refractivity contribution is -0.141. The van der Waals surface area contributed by atoms with E-state index in [0.717, 1.165) is 23.3 Å². The van der Waals surface area contributed by atoms with E-state index in [-0.39, 0.29) is 12.3 Å². The fourth-order valence-corrected chi connectivity index (χ4v) is 1.76. The molecule has 1 unspecified atom stereocenters. The molecule has 5 heteroatoms. The normalized spacial score (nSPS) is 11.7. The maximum Gasteiger partial charge on any atom is 0.325 e. The minimum absolute atomic E-state index is 0.161. The molecule has 0 radical (unpaired) electrons. The Hall–Kier alpha value is -2.04. The molecule has 0 aliphatic rings. The second-order valence-electron chi connectivity index (χ2n) is 4.30. The minimum Gasteiger partial charge on any atom is -0.496 e. The molecular weight excluding hydrogens is 246 g/mol. The van der Waals surface area contributed by atoms with Crippen molar-refractivity contribution in [2.45, 2.75) is 32.7 Å². The first kappa shape index (κ1) is 15.0. The number of aryl methyl sites for hydroxylation is 1. The summed E-state index contributed by atoms with van der Waals surface area (Å²) >= 11 is 0. The first-order valence-corrected chi connectivity index (χ1v) is 6.15. The number of benzene rings is 1. The minimum atomic E-state index is -1.04. The number of carbonyl (C=O) groups excluding carboxylic acids is 1. The highest BCUT2D eigenvalue weighted by Gasteiger charge is 2.14. The SMILES string of the molecule is CCc1cc(CC(=O)NC(C)C(=O)O)ccc1OC. The molecule has 0 saturated heterocycles. The molecule has 0 aliphatic heterocycles. The molecule has 0 aliphatic carbocycles. The van der Waals surface area contributed by atoms with Gasteiger partial charge < -0.3 is 15.2 Å². The number of methoxy groups -OCH3 is 1. The van der Waals surface area contributed by atoms with Crippen LogP contribution in [0, 0.1) is 0 Å². The monoisotopic (exact) mass is 265 g/mol. The summed E-state index contributed by atoms with van der Waals surface area (Å²) in [6, 6.07) is 4.66. The molecule has 1 amide bonds. The standard InChI is InChI=1S/C14H19NO4/c1-4-11-7-10(5-6-12(11)19-3)8-13(16)15-9(2)14(17)18/h5-7,9H,4,8H2,1-3H3,(H,15,16)(H,17,18). The van der Waals surface area contributed by atoms with Crippen molar-refractivity contribution in [2.24, 2.45) is 0 Å². The van der Waals surface area contributed by atoms with Crippen LogP contribution >= 0.6 is 0 Å². The van der Waals surface area contributed by atoms with Gasteiger partial charge in [0.25, 0.3) is 0 Å². The van der Waals surface area contributed by atoms with E-state index in [4.69, 9.17) is 9.84 Å². The predicted octanol–water partition coefficient (Wildman–Crippen LogP) is 1.39. The lowest BCUT2D eigenvalue weighted by Crippen LogP contribution is -2.39. The fraction of sp³-hybridized carbons (Fsp3) is 0.429. The number of carboxylic acids is 1. The maximum atomic E-state index is 11.7. The van der Waals surface area contributed by atoms with Crippen molar-refractivity contribution in [3.05, 3.63) is 29.3 Å². The molecule has 0 heterocycles. The number of aliphatic carboxylic acids is 1. The van der Waals surface area contributed by atoms with Crippen molar-refractivity contribution in [3.8, 4) is 5.75 Å². The molecule has 1 atom stereocenters. The van der Waals surface area contributed by atoms with E-state index in [0.29, 0.717) is 0 Å². The average molecular weight is 265 g/mol.